The molecule has 1 N–H and O–H groups in total. The smallest absolute Gasteiger partial charge is 0.192 e. The Morgan fingerprint density at radius 1 is 0.909 bits per heavy atom. The number of methoxy groups -OCH3 is 1. The van der Waals surface area contributed by atoms with Crippen molar-refractivity contribution in [3.63, 3.8) is 0 Å². The van der Waals surface area contributed by atoms with E-state index in [1.54, 1.807) is 13.2 Å². The number of H-pyrrole nitrogens is 1. The third-order valence-electron chi connectivity index (χ3n) is 3.76. The van der Waals surface area contributed by atoms with Gasteiger partial charge >= 0.3 is 0 Å². The first-order valence-electron chi connectivity index (χ1n) is 7.03. The molecule has 0 bridgehead atoms. The fraction of sp³-hybridized carbons (Fsp3) is 0.167. The second-order valence-electron chi connectivity index (χ2n) is 5.19. The Bertz CT molecular complexity index is 879. The molecule has 0 saturated heterocycles. The number of aromatic amines is 1. The monoisotopic (exact) mass is 295 g/mol. The Morgan fingerprint density at radius 3 is 2.23 bits per heavy atom. The fourth-order valence-corrected chi connectivity index (χ4v) is 2.33. The highest BCUT2D eigenvalue weighted by Gasteiger charge is 2.07. The van der Waals surface area contributed by atoms with Crippen molar-refractivity contribution in [2.75, 3.05) is 7.11 Å². The minimum absolute atomic E-state index is 0.0337. The van der Waals surface area contributed by atoms with Gasteiger partial charge in [-0.3, -0.25) is 4.79 Å². The van der Waals surface area contributed by atoms with Gasteiger partial charge in [0, 0.05) is 22.2 Å². The summed E-state index contributed by atoms with van der Waals surface area (Å²) in [5.41, 5.74) is 2.47. The van der Waals surface area contributed by atoms with E-state index in [1.165, 1.54) is 0 Å². The average Bonchev–Trinajstić information content (AvgIpc) is 2.54. The number of nitrogens with one attached hydrogen (secondary N) is 1. The quantitative estimate of drug-likeness (QED) is 0.796. The first-order chi connectivity index (χ1) is 10.6. The van der Waals surface area contributed by atoms with Gasteiger partial charge in [0.05, 0.1) is 7.11 Å². The maximum atomic E-state index is 12.3. The molecular weight excluding hydrogens is 278 g/mol. The number of aryl methyl sites for hydroxylation is 1. The van der Waals surface area contributed by atoms with Gasteiger partial charge in [-0.25, -0.2) is 0 Å². The number of ether oxygens (including phenoxy) is 2. The third-order valence-corrected chi connectivity index (χ3v) is 3.76. The lowest BCUT2D eigenvalue weighted by molar-refractivity contribution is 0.413. The number of rotatable bonds is 3. The topological polar surface area (TPSA) is 51.3 Å². The van der Waals surface area contributed by atoms with Crippen LogP contribution in [-0.4, -0.2) is 12.1 Å². The lowest BCUT2D eigenvalue weighted by Crippen LogP contribution is -2.09. The van der Waals surface area contributed by atoms with Crippen LogP contribution < -0.4 is 14.9 Å². The Labute approximate surface area is 128 Å². The Morgan fingerprint density at radius 2 is 1.55 bits per heavy atom. The molecule has 0 fully saturated rings. The van der Waals surface area contributed by atoms with Crippen molar-refractivity contribution in [3.05, 3.63) is 63.9 Å². The SMILES string of the molecule is COc1ccc(Oc2ccc3[nH]c(C)c(C)c(=O)c3c2)cc1. The summed E-state index contributed by atoms with van der Waals surface area (Å²) in [6.07, 6.45) is 0. The van der Waals surface area contributed by atoms with E-state index in [9.17, 15) is 4.79 Å². The highest BCUT2D eigenvalue weighted by molar-refractivity contribution is 5.81. The van der Waals surface area contributed by atoms with Crippen molar-refractivity contribution >= 4 is 10.9 Å². The van der Waals surface area contributed by atoms with E-state index in [-0.39, 0.29) is 5.43 Å². The zero-order valence-corrected chi connectivity index (χ0v) is 12.8. The van der Waals surface area contributed by atoms with E-state index in [1.807, 2.05) is 50.2 Å². The molecule has 3 rings (SSSR count). The highest BCUT2D eigenvalue weighted by Crippen LogP contribution is 2.25. The van der Waals surface area contributed by atoms with Crippen molar-refractivity contribution in [3.8, 4) is 17.2 Å². The largest absolute Gasteiger partial charge is 0.497 e. The molecule has 0 atom stereocenters. The van der Waals surface area contributed by atoms with Crippen LogP contribution in [0.2, 0.25) is 0 Å². The Balaban J connectivity index is 1.99. The van der Waals surface area contributed by atoms with Crippen LogP contribution in [0.4, 0.5) is 0 Å². The summed E-state index contributed by atoms with van der Waals surface area (Å²) in [5, 5.41) is 0.633. The van der Waals surface area contributed by atoms with E-state index in [0.717, 1.165) is 22.5 Å². The summed E-state index contributed by atoms with van der Waals surface area (Å²) in [7, 11) is 1.62. The summed E-state index contributed by atoms with van der Waals surface area (Å²) >= 11 is 0. The molecule has 0 radical (unpaired) electrons. The summed E-state index contributed by atoms with van der Waals surface area (Å²) in [6, 6.07) is 12.8. The summed E-state index contributed by atoms with van der Waals surface area (Å²) in [4.78, 5) is 15.6. The predicted molar refractivity (Wildman–Crippen MR) is 87.1 cm³/mol. The summed E-state index contributed by atoms with van der Waals surface area (Å²) in [6.45, 7) is 3.72. The molecule has 3 aromatic rings. The van der Waals surface area contributed by atoms with Crippen LogP contribution in [0.3, 0.4) is 0 Å². The number of aromatic nitrogens is 1. The second kappa shape index (κ2) is 5.56. The number of benzene rings is 2. The van der Waals surface area contributed by atoms with Crippen LogP contribution in [-0.2, 0) is 0 Å². The maximum Gasteiger partial charge on any atom is 0.192 e. The molecule has 0 aliphatic rings. The molecule has 0 amide bonds. The number of hydrogen-bond acceptors (Lipinski definition) is 3. The second-order valence-corrected chi connectivity index (χ2v) is 5.19. The summed E-state index contributed by atoms with van der Waals surface area (Å²) < 4.78 is 10.9. The minimum Gasteiger partial charge on any atom is -0.497 e. The lowest BCUT2D eigenvalue weighted by atomic mass is 10.1. The number of hydrogen-bond donors (Lipinski definition) is 1. The molecule has 4 nitrogen and oxygen atoms in total. The van der Waals surface area contributed by atoms with E-state index < -0.39 is 0 Å². The molecular formula is C18H17NO3. The van der Waals surface area contributed by atoms with Crippen LogP contribution in [0.5, 0.6) is 17.2 Å². The van der Waals surface area contributed by atoms with Gasteiger partial charge in [-0.1, -0.05) is 0 Å². The molecule has 0 saturated carbocycles. The molecule has 1 aromatic heterocycles. The van der Waals surface area contributed by atoms with Crippen LogP contribution in [0, 0.1) is 13.8 Å². The van der Waals surface area contributed by atoms with Gasteiger partial charge in [-0.15, -0.1) is 0 Å². The maximum absolute atomic E-state index is 12.3. The van der Waals surface area contributed by atoms with Crippen molar-refractivity contribution in [2.24, 2.45) is 0 Å². The minimum atomic E-state index is 0.0337. The molecule has 0 aliphatic carbocycles. The fourth-order valence-electron chi connectivity index (χ4n) is 2.33. The van der Waals surface area contributed by atoms with E-state index in [4.69, 9.17) is 9.47 Å². The predicted octanol–water partition coefficient (Wildman–Crippen LogP) is 3.95. The average molecular weight is 295 g/mol. The van der Waals surface area contributed by atoms with E-state index in [2.05, 4.69) is 4.98 Å². The zero-order valence-electron chi connectivity index (χ0n) is 12.8. The van der Waals surface area contributed by atoms with Crippen molar-refractivity contribution in [1.82, 2.24) is 4.98 Å². The molecule has 112 valence electrons. The van der Waals surface area contributed by atoms with Crippen molar-refractivity contribution < 1.29 is 9.47 Å². The molecule has 22 heavy (non-hydrogen) atoms. The van der Waals surface area contributed by atoms with E-state index >= 15 is 0 Å². The van der Waals surface area contributed by atoms with Crippen LogP contribution in [0.15, 0.2) is 47.3 Å². The third kappa shape index (κ3) is 2.55. The van der Waals surface area contributed by atoms with Gasteiger partial charge in [-0.05, 0) is 56.3 Å². The van der Waals surface area contributed by atoms with Crippen molar-refractivity contribution in [1.29, 1.82) is 0 Å². The summed E-state index contributed by atoms with van der Waals surface area (Å²) in [5.74, 6) is 2.10. The van der Waals surface area contributed by atoms with Gasteiger partial charge < -0.3 is 14.5 Å². The van der Waals surface area contributed by atoms with Gasteiger partial charge in [0.25, 0.3) is 0 Å². The number of fused-ring (bicyclic) bond motifs is 1. The molecule has 2 aromatic carbocycles. The normalized spacial score (nSPS) is 10.7. The van der Waals surface area contributed by atoms with Crippen molar-refractivity contribution in [2.45, 2.75) is 13.8 Å². The Hall–Kier alpha value is -2.75. The zero-order chi connectivity index (χ0) is 15.7. The van der Waals surface area contributed by atoms with Gasteiger partial charge in [0.15, 0.2) is 5.43 Å². The molecule has 0 spiro atoms. The van der Waals surface area contributed by atoms with Crippen LogP contribution in [0.1, 0.15) is 11.3 Å². The van der Waals surface area contributed by atoms with Gasteiger partial charge in [0.1, 0.15) is 17.2 Å². The standard InChI is InChI=1S/C18H17NO3/c1-11-12(2)19-17-9-8-15(10-16(17)18(11)20)22-14-6-4-13(21-3)5-7-14/h4-10H,1-3H3,(H,19,20). The lowest BCUT2D eigenvalue weighted by Gasteiger charge is -2.09. The van der Waals surface area contributed by atoms with Gasteiger partial charge in [0.2, 0.25) is 0 Å². The molecule has 1 heterocycles. The first kappa shape index (κ1) is 14.2. The van der Waals surface area contributed by atoms with Crippen LogP contribution >= 0.6 is 0 Å². The van der Waals surface area contributed by atoms with Gasteiger partial charge in [-0.2, -0.15) is 0 Å². The molecule has 0 aliphatic heterocycles. The van der Waals surface area contributed by atoms with E-state index in [0.29, 0.717) is 16.9 Å². The highest BCUT2D eigenvalue weighted by atomic mass is 16.5. The molecule has 4 heteroatoms. The van der Waals surface area contributed by atoms with Crippen LogP contribution in [0.25, 0.3) is 10.9 Å². The molecule has 0 unspecified atom stereocenters. The Kier molecular flexibility index (Phi) is 3.59. The number of pyridine rings is 1. The first-order valence-corrected chi connectivity index (χ1v) is 7.03.